The molecule has 1 atom stereocenters. The van der Waals surface area contributed by atoms with E-state index in [4.69, 9.17) is 0 Å². The molecule has 9 nitrogen and oxygen atoms in total. The summed E-state index contributed by atoms with van der Waals surface area (Å²) in [5.74, 6) is -1.50. The first kappa shape index (κ1) is 17.3. The van der Waals surface area contributed by atoms with Gasteiger partial charge in [0, 0.05) is 19.4 Å². The zero-order chi connectivity index (χ0) is 18.5. The highest BCUT2D eigenvalue weighted by Crippen LogP contribution is 2.06. The molecular formula is C17H17N5O4. The molecule has 2 aromatic heterocycles. The topological polar surface area (TPSA) is 130 Å². The Kier molecular flexibility index (Phi) is 5.07. The molecule has 0 saturated carbocycles. The minimum atomic E-state index is -1.09. The van der Waals surface area contributed by atoms with Gasteiger partial charge in [0.25, 0.3) is 5.56 Å². The molecule has 3 aromatic rings. The lowest BCUT2D eigenvalue weighted by molar-refractivity contribution is -0.141. The second kappa shape index (κ2) is 7.60. The van der Waals surface area contributed by atoms with Crippen molar-refractivity contribution in [2.75, 3.05) is 0 Å². The molecule has 0 spiro atoms. The normalized spacial score (nSPS) is 12.0. The maximum Gasteiger partial charge on any atom is 0.326 e. The number of aryl methyl sites for hydroxylation is 1. The van der Waals surface area contributed by atoms with Gasteiger partial charge in [0.1, 0.15) is 6.04 Å². The molecule has 1 amide bonds. The zero-order valence-corrected chi connectivity index (χ0v) is 13.8. The van der Waals surface area contributed by atoms with E-state index in [1.54, 1.807) is 4.57 Å². The van der Waals surface area contributed by atoms with Crippen molar-refractivity contribution in [1.82, 2.24) is 24.8 Å². The SMILES string of the molecule is O=C(CCn1cnc2c(=O)[nH]cnc21)NC(Cc1ccccc1)C(=O)O. The Labute approximate surface area is 147 Å². The summed E-state index contributed by atoms with van der Waals surface area (Å²) in [6, 6.07) is 8.08. The monoisotopic (exact) mass is 355 g/mol. The number of imidazole rings is 1. The fourth-order valence-corrected chi connectivity index (χ4v) is 2.59. The van der Waals surface area contributed by atoms with Gasteiger partial charge in [0.05, 0.1) is 12.7 Å². The summed E-state index contributed by atoms with van der Waals surface area (Å²) in [5, 5.41) is 11.9. The van der Waals surface area contributed by atoms with Crippen molar-refractivity contribution in [3.05, 3.63) is 58.9 Å². The number of hydrogen-bond acceptors (Lipinski definition) is 5. The molecule has 0 saturated heterocycles. The van der Waals surface area contributed by atoms with E-state index < -0.39 is 17.9 Å². The van der Waals surface area contributed by atoms with Gasteiger partial charge in [-0.15, -0.1) is 0 Å². The van der Waals surface area contributed by atoms with Crippen molar-refractivity contribution in [1.29, 1.82) is 0 Å². The molecule has 0 bridgehead atoms. The number of carbonyl (C=O) groups excluding carboxylic acids is 1. The van der Waals surface area contributed by atoms with Crippen LogP contribution in [0.1, 0.15) is 12.0 Å². The molecule has 2 heterocycles. The van der Waals surface area contributed by atoms with E-state index in [0.29, 0.717) is 5.65 Å². The van der Waals surface area contributed by atoms with Gasteiger partial charge >= 0.3 is 5.97 Å². The number of H-pyrrole nitrogens is 1. The van der Waals surface area contributed by atoms with Gasteiger partial charge < -0.3 is 20.0 Å². The molecule has 26 heavy (non-hydrogen) atoms. The molecule has 0 aliphatic carbocycles. The summed E-state index contributed by atoms with van der Waals surface area (Å²) in [5.41, 5.74) is 1.04. The Morgan fingerprint density at radius 1 is 1.23 bits per heavy atom. The van der Waals surface area contributed by atoms with Gasteiger partial charge in [-0.2, -0.15) is 0 Å². The van der Waals surface area contributed by atoms with Crippen LogP contribution in [0.15, 0.2) is 47.8 Å². The number of carboxylic acids is 1. The lowest BCUT2D eigenvalue weighted by atomic mass is 10.1. The standard InChI is InChI=1S/C17H17N5O4/c23-13(21-12(17(25)26)8-11-4-2-1-3-5-11)6-7-22-10-20-14-15(22)18-9-19-16(14)24/h1-5,9-10,12H,6-8H2,(H,21,23)(H,25,26)(H,18,19,24). The zero-order valence-electron chi connectivity index (χ0n) is 13.8. The average Bonchev–Trinajstić information content (AvgIpc) is 3.05. The first-order valence-corrected chi connectivity index (χ1v) is 7.99. The van der Waals surface area contributed by atoms with Gasteiger partial charge in [0.15, 0.2) is 11.2 Å². The smallest absolute Gasteiger partial charge is 0.326 e. The van der Waals surface area contributed by atoms with Gasteiger partial charge in [-0.1, -0.05) is 30.3 Å². The Morgan fingerprint density at radius 2 is 2.00 bits per heavy atom. The fourth-order valence-electron chi connectivity index (χ4n) is 2.59. The van der Waals surface area contributed by atoms with Crippen LogP contribution in [0.3, 0.4) is 0 Å². The van der Waals surface area contributed by atoms with Crippen molar-refractivity contribution in [3.8, 4) is 0 Å². The molecule has 3 N–H and O–H groups in total. The number of carboxylic acid groups (broad SMARTS) is 1. The quantitative estimate of drug-likeness (QED) is 0.560. The van der Waals surface area contributed by atoms with E-state index in [-0.39, 0.29) is 30.5 Å². The second-order valence-corrected chi connectivity index (χ2v) is 5.74. The Balaban J connectivity index is 1.62. The minimum Gasteiger partial charge on any atom is -0.480 e. The van der Waals surface area contributed by atoms with E-state index >= 15 is 0 Å². The number of aromatic amines is 1. The molecule has 1 unspecified atom stereocenters. The molecule has 9 heteroatoms. The number of aromatic nitrogens is 4. The first-order valence-electron chi connectivity index (χ1n) is 7.99. The largest absolute Gasteiger partial charge is 0.480 e. The van der Waals surface area contributed by atoms with Gasteiger partial charge in [-0.3, -0.25) is 9.59 Å². The number of hydrogen-bond donors (Lipinski definition) is 3. The summed E-state index contributed by atoms with van der Waals surface area (Å²) in [4.78, 5) is 45.6. The summed E-state index contributed by atoms with van der Waals surface area (Å²) in [6.07, 6.45) is 2.94. The van der Waals surface area contributed by atoms with Crippen LogP contribution in [0, 0.1) is 0 Å². The lowest BCUT2D eigenvalue weighted by Crippen LogP contribution is -2.42. The van der Waals surface area contributed by atoms with Crippen LogP contribution < -0.4 is 10.9 Å². The Morgan fingerprint density at radius 3 is 2.73 bits per heavy atom. The van der Waals surface area contributed by atoms with Gasteiger partial charge in [0.2, 0.25) is 5.91 Å². The number of nitrogens with zero attached hydrogens (tertiary/aromatic N) is 3. The average molecular weight is 355 g/mol. The Hall–Kier alpha value is -3.49. The third kappa shape index (κ3) is 3.94. The predicted molar refractivity (Wildman–Crippen MR) is 92.5 cm³/mol. The maximum atomic E-state index is 12.1. The van der Waals surface area contributed by atoms with Crippen LogP contribution in [-0.2, 0) is 22.6 Å². The van der Waals surface area contributed by atoms with Crippen LogP contribution >= 0.6 is 0 Å². The van der Waals surface area contributed by atoms with Crippen molar-refractivity contribution in [2.24, 2.45) is 0 Å². The van der Waals surface area contributed by atoms with Crippen LogP contribution in [0.25, 0.3) is 11.2 Å². The lowest BCUT2D eigenvalue weighted by Gasteiger charge is -2.14. The van der Waals surface area contributed by atoms with Crippen LogP contribution in [-0.4, -0.2) is 42.5 Å². The molecule has 0 radical (unpaired) electrons. The second-order valence-electron chi connectivity index (χ2n) is 5.74. The van der Waals surface area contributed by atoms with Gasteiger partial charge in [-0.25, -0.2) is 14.8 Å². The number of amides is 1. The number of rotatable bonds is 7. The van der Waals surface area contributed by atoms with E-state index in [9.17, 15) is 19.5 Å². The fraction of sp³-hybridized carbons (Fsp3) is 0.235. The molecule has 1 aromatic carbocycles. The van der Waals surface area contributed by atoms with E-state index in [2.05, 4.69) is 20.3 Å². The maximum absolute atomic E-state index is 12.1. The highest BCUT2D eigenvalue weighted by molar-refractivity contribution is 5.83. The molecule has 3 rings (SSSR count). The summed E-state index contributed by atoms with van der Waals surface area (Å²) < 4.78 is 1.58. The van der Waals surface area contributed by atoms with Crippen molar-refractivity contribution >= 4 is 23.0 Å². The Bertz CT molecular complexity index is 979. The third-order valence-electron chi connectivity index (χ3n) is 3.90. The van der Waals surface area contributed by atoms with Crippen LogP contribution in [0.5, 0.6) is 0 Å². The van der Waals surface area contributed by atoms with Crippen LogP contribution in [0.4, 0.5) is 0 Å². The highest BCUT2D eigenvalue weighted by Gasteiger charge is 2.20. The van der Waals surface area contributed by atoms with E-state index in [1.807, 2.05) is 30.3 Å². The van der Waals surface area contributed by atoms with Crippen LogP contribution in [0.2, 0.25) is 0 Å². The number of aliphatic carboxylic acids is 1. The van der Waals surface area contributed by atoms with Crippen molar-refractivity contribution in [2.45, 2.75) is 25.4 Å². The summed E-state index contributed by atoms with van der Waals surface area (Å²) >= 11 is 0. The van der Waals surface area contributed by atoms with E-state index in [1.165, 1.54) is 12.7 Å². The number of carbonyl (C=O) groups is 2. The highest BCUT2D eigenvalue weighted by atomic mass is 16.4. The minimum absolute atomic E-state index is 0.0402. The first-order chi connectivity index (χ1) is 12.5. The van der Waals surface area contributed by atoms with Crippen molar-refractivity contribution < 1.29 is 14.7 Å². The molecule has 0 fully saturated rings. The van der Waals surface area contributed by atoms with Gasteiger partial charge in [-0.05, 0) is 5.56 Å². The number of benzene rings is 1. The molecular weight excluding hydrogens is 338 g/mol. The number of nitrogens with one attached hydrogen (secondary N) is 2. The summed E-state index contributed by atoms with van der Waals surface area (Å²) in [7, 11) is 0. The summed E-state index contributed by atoms with van der Waals surface area (Å²) in [6.45, 7) is 0.233. The van der Waals surface area contributed by atoms with E-state index in [0.717, 1.165) is 5.56 Å². The third-order valence-corrected chi connectivity index (χ3v) is 3.90. The predicted octanol–water partition coefficient (Wildman–Crippen LogP) is 0.322. The van der Waals surface area contributed by atoms with Crippen molar-refractivity contribution in [3.63, 3.8) is 0 Å². The molecule has 0 aliphatic rings. The number of fused-ring (bicyclic) bond motifs is 1. The molecule has 0 aliphatic heterocycles. The molecule has 134 valence electrons.